The van der Waals surface area contributed by atoms with Crippen molar-refractivity contribution in [3.63, 3.8) is 0 Å². The molecule has 0 aliphatic carbocycles. The van der Waals surface area contributed by atoms with Gasteiger partial charge < -0.3 is 20.9 Å². The van der Waals surface area contributed by atoms with E-state index in [0.29, 0.717) is 0 Å². The number of nitrogen functional groups attached to an aromatic ring is 2. The number of carbonyl (C=O) groups is 1. The van der Waals surface area contributed by atoms with Gasteiger partial charge in [0.1, 0.15) is 5.75 Å². The topological polar surface area (TPSA) is 126 Å². The normalized spacial score (nSPS) is 10.5. The third-order valence-electron chi connectivity index (χ3n) is 2.34. The predicted molar refractivity (Wildman–Crippen MR) is 70.8 cm³/mol. The number of aromatic nitrogens is 3. The Morgan fingerprint density at radius 1 is 1.18 bits per heavy atom. The quantitative estimate of drug-likeness (QED) is 0.783. The molecule has 2 rings (SSSR count). The van der Waals surface area contributed by atoms with E-state index in [9.17, 15) is 13.6 Å². The van der Waals surface area contributed by atoms with E-state index in [1.807, 2.05) is 0 Å². The van der Waals surface area contributed by atoms with Gasteiger partial charge >= 0.3 is 12.6 Å². The molecule has 4 N–H and O–H groups in total. The summed E-state index contributed by atoms with van der Waals surface area (Å²) in [4.78, 5) is 22.9. The van der Waals surface area contributed by atoms with Crippen molar-refractivity contribution < 1.29 is 23.0 Å². The first kappa shape index (κ1) is 15.4. The first-order valence-electron chi connectivity index (χ1n) is 5.92. The molecule has 22 heavy (non-hydrogen) atoms. The Kier molecular flexibility index (Phi) is 4.61. The number of alkyl halides is 2. The van der Waals surface area contributed by atoms with Crippen LogP contribution >= 0.6 is 0 Å². The third kappa shape index (κ3) is 4.23. The molecule has 1 heterocycles. The van der Waals surface area contributed by atoms with Crippen LogP contribution in [0.25, 0.3) is 0 Å². The molecule has 0 radical (unpaired) electrons. The number of hydrogen-bond acceptors (Lipinski definition) is 8. The average molecular weight is 311 g/mol. The average Bonchev–Trinajstić information content (AvgIpc) is 2.43. The van der Waals surface area contributed by atoms with Gasteiger partial charge in [0.15, 0.2) is 12.4 Å². The molecule has 0 aliphatic rings. The van der Waals surface area contributed by atoms with Gasteiger partial charge in [0.05, 0.1) is 5.56 Å². The van der Waals surface area contributed by atoms with Crippen LogP contribution in [0.1, 0.15) is 16.2 Å². The van der Waals surface area contributed by atoms with Crippen LogP contribution in [-0.2, 0) is 11.3 Å². The highest BCUT2D eigenvalue weighted by atomic mass is 19.3. The molecule has 0 spiro atoms. The fourth-order valence-corrected chi connectivity index (χ4v) is 1.53. The Labute approximate surface area is 123 Å². The van der Waals surface area contributed by atoms with E-state index in [0.717, 1.165) is 6.07 Å². The van der Waals surface area contributed by atoms with E-state index in [4.69, 9.17) is 16.2 Å². The van der Waals surface area contributed by atoms with Gasteiger partial charge in [-0.2, -0.15) is 23.7 Å². The molecule has 2 aromatic rings. The zero-order valence-electron chi connectivity index (χ0n) is 11.1. The Bertz CT molecular complexity index is 663. The van der Waals surface area contributed by atoms with Gasteiger partial charge in [0.2, 0.25) is 11.9 Å². The van der Waals surface area contributed by atoms with Crippen LogP contribution < -0.4 is 16.2 Å². The summed E-state index contributed by atoms with van der Waals surface area (Å²) in [6.45, 7) is -3.28. The fraction of sp³-hybridized carbons (Fsp3) is 0.167. The molecular weight excluding hydrogens is 300 g/mol. The number of ether oxygens (including phenoxy) is 2. The Balaban J connectivity index is 2.03. The third-order valence-corrected chi connectivity index (χ3v) is 2.34. The van der Waals surface area contributed by atoms with Gasteiger partial charge in [-0.15, -0.1) is 0 Å². The summed E-state index contributed by atoms with van der Waals surface area (Å²) in [5.41, 5.74) is 10.8. The van der Waals surface area contributed by atoms with Crippen LogP contribution in [-0.4, -0.2) is 27.5 Å². The molecule has 0 atom stereocenters. The zero-order valence-corrected chi connectivity index (χ0v) is 11.1. The number of hydrogen-bond donors (Lipinski definition) is 2. The van der Waals surface area contributed by atoms with Crippen molar-refractivity contribution in [1.82, 2.24) is 15.0 Å². The molecule has 1 aromatic heterocycles. The number of nitrogens with two attached hydrogens (primary N) is 2. The van der Waals surface area contributed by atoms with Crippen LogP contribution in [0, 0.1) is 0 Å². The number of halogens is 2. The van der Waals surface area contributed by atoms with E-state index in [-0.39, 0.29) is 35.6 Å². The molecule has 0 amide bonds. The van der Waals surface area contributed by atoms with Crippen molar-refractivity contribution in [2.24, 2.45) is 0 Å². The largest absolute Gasteiger partial charge is 0.454 e. The molecule has 10 heteroatoms. The Hall–Kier alpha value is -3.04. The second-order valence-corrected chi connectivity index (χ2v) is 3.95. The monoisotopic (exact) mass is 311 g/mol. The van der Waals surface area contributed by atoms with Crippen molar-refractivity contribution in [2.75, 3.05) is 11.5 Å². The molecule has 8 nitrogen and oxygen atoms in total. The zero-order chi connectivity index (χ0) is 16.1. The van der Waals surface area contributed by atoms with Gasteiger partial charge in [-0.1, -0.05) is 6.07 Å². The van der Waals surface area contributed by atoms with E-state index in [1.54, 1.807) is 0 Å². The van der Waals surface area contributed by atoms with Crippen LogP contribution in [0.4, 0.5) is 20.7 Å². The van der Waals surface area contributed by atoms with Crippen molar-refractivity contribution >= 4 is 17.9 Å². The summed E-state index contributed by atoms with van der Waals surface area (Å²) in [6, 6.07) is 5.19. The lowest BCUT2D eigenvalue weighted by atomic mass is 10.2. The minimum absolute atomic E-state index is 0.0353. The maximum absolute atomic E-state index is 12.1. The lowest BCUT2D eigenvalue weighted by Gasteiger charge is -2.07. The highest BCUT2D eigenvalue weighted by molar-refractivity contribution is 5.89. The van der Waals surface area contributed by atoms with Crippen LogP contribution in [0.15, 0.2) is 24.3 Å². The number of esters is 1. The van der Waals surface area contributed by atoms with E-state index in [1.165, 1.54) is 18.2 Å². The van der Waals surface area contributed by atoms with Crippen molar-refractivity contribution in [3.8, 4) is 5.75 Å². The van der Waals surface area contributed by atoms with Crippen LogP contribution in [0.5, 0.6) is 5.75 Å². The minimum Gasteiger partial charge on any atom is -0.454 e. The number of nitrogens with zero attached hydrogens (tertiary/aromatic N) is 3. The number of benzene rings is 1. The predicted octanol–water partition coefficient (Wildman–Crippen LogP) is 0.994. The molecule has 0 fully saturated rings. The van der Waals surface area contributed by atoms with Crippen LogP contribution in [0.3, 0.4) is 0 Å². The first-order chi connectivity index (χ1) is 10.4. The van der Waals surface area contributed by atoms with Crippen molar-refractivity contribution in [3.05, 3.63) is 35.7 Å². The van der Waals surface area contributed by atoms with Crippen molar-refractivity contribution in [2.45, 2.75) is 13.2 Å². The standard InChI is InChI=1S/C12H11F2N5O3/c13-10(14)22-7-3-1-2-6(4-7)9(20)21-5-8-17-11(15)19-12(16)18-8/h1-4,10H,5H2,(H4,15,16,17,18,19). The second-order valence-electron chi connectivity index (χ2n) is 3.95. The first-order valence-corrected chi connectivity index (χ1v) is 5.92. The van der Waals surface area contributed by atoms with Gasteiger partial charge in [-0.3, -0.25) is 0 Å². The second kappa shape index (κ2) is 6.61. The summed E-state index contributed by atoms with van der Waals surface area (Å²) < 4.78 is 33.4. The van der Waals surface area contributed by atoms with E-state index in [2.05, 4.69) is 19.7 Å². The van der Waals surface area contributed by atoms with Crippen LogP contribution in [0.2, 0.25) is 0 Å². The maximum Gasteiger partial charge on any atom is 0.387 e. The summed E-state index contributed by atoms with van der Waals surface area (Å²) in [5, 5.41) is 0. The van der Waals surface area contributed by atoms with Gasteiger partial charge in [-0.05, 0) is 18.2 Å². The molecule has 0 bridgehead atoms. The van der Waals surface area contributed by atoms with Gasteiger partial charge in [-0.25, -0.2) is 4.79 Å². The molecule has 0 saturated heterocycles. The number of anilines is 2. The summed E-state index contributed by atoms with van der Waals surface area (Å²) in [7, 11) is 0. The lowest BCUT2D eigenvalue weighted by Crippen LogP contribution is -2.11. The lowest BCUT2D eigenvalue weighted by molar-refractivity contribution is -0.0499. The molecule has 0 saturated carbocycles. The van der Waals surface area contributed by atoms with E-state index < -0.39 is 12.6 Å². The Morgan fingerprint density at radius 3 is 2.50 bits per heavy atom. The summed E-state index contributed by atoms with van der Waals surface area (Å²) in [5.74, 6) is -1.06. The smallest absolute Gasteiger partial charge is 0.387 e. The van der Waals surface area contributed by atoms with E-state index >= 15 is 0 Å². The fourth-order valence-electron chi connectivity index (χ4n) is 1.53. The molecule has 1 aromatic carbocycles. The Morgan fingerprint density at radius 2 is 1.86 bits per heavy atom. The highest BCUT2D eigenvalue weighted by Crippen LogP contribution is 2.17. The number of rotatable bonds is 5. The summed E-state index contributed by atoms with van der Waals surface area (Å²) >= 11 is 0. The number of carbonyl (C=O) groups excluding carboxylic acids is 1. The maximum atomic E-state index is 12.1. The summed E-state index contributed by atoms with van der Waals surface area (Å²) in [6.07, 6.45) is 0. The minimum atomic E-state index is -2.98. The molecular formula is C12H11F2N5O3. The SMILES string of the molecule is Nc1nc(N)nc(COC(=O)c2cccc(OC(F)F)c2)n1. The highest BCUT2D eigenvalue weighted by Gasteiger charge is 2.12. The van der Waals surface area contributed by atoms with Gasteiger partial charge in [0.25, 0.3) is 0 Å². The molecule has 0 aliphatic heterocycles. The van der Waals surface area contributed by atoms with Gasteiger partial charge in [0, 0.05) is 0 Å². The van der Waals surface area contributed by atoms with Crippen molar-refractivity contribution in [1.29, 1.82) is 0 Å². The molecule has 116 valence electrons. The molecule has 0 unspecified atom stereocenters.